The van der Waals surface area contributed by atoms with Crippen LogP contribution in [0.1, 0.15) is 58.3 Å². The SMILES string of the molecule is CCCCCCCCCCOP1(=O)OSSSO1. The lowest BCUT2D eigenvalue weighted by molar-refractivity contribution is 0.222. The topological polar surface area (TPSA) is 44.8 Å². The molecule has 1 aliphatic rings. The molecule has 0 bridgehead atoms. The van der Waals surface area contributed by atoms with E-state index in [0.29, 0.717) is 6.61 Å². The Kier molecular flexibility index (Phi) is 10.4. The zero-order valence-corrected chi connectivity index (χ0v) is 14.0. The van der Waals surface area contributed by atoms with Crippen LogP contribution in [-0.2, 0) is 17.0 Å². The molecule has 0 amide bonds. The summed E-state index contributed by atoms with van der Waals surface area (Å²) < 4.78 is 26.7. The maximum atomic E-state index is 11.7. The summed E-state index contributed by atoms with van der Waals surface area (Å²) in [7, 11) is -1.99. The highest BCUT2D eigenvalue weighted by Crippen LogP contribution is 2.65. The third-order valence-corrected chi connectivity index (χ3v) is 7.53. The molecule has 1 fully saturated rings. The fourth-order valence-corrected chi connectivity index (χ4v) is 6.82. The summed E-state index contributed by atoms with van der Waals surface area (Å²) in [4.78, 5) is 0. The molecule has 0 aliphatic carbocycles. The van der Waals surface area contributed by atoms with E-state index in [1.165, 1.54) is 48.4 Å². The van der Waals surface area contributed by atoms with Crippen LogP contribution in [0.25, 0.3) is 0 Å². The Bertz CT molecular complexity index is 245. The fourth-order valence-electron chi connectivity index (χ4n) is 1.58. The molecule has 0 aromatic heterocycles. The Balaban J connectivity index is 1.87. The van der Waals surface area contributed by atoms with Crippen molar-refractivity contribution in [3.8, 4) is 0 Å². The molecule has 0 unspecified atom stereocenters. The van der Waals surface area contributed by atoms with E-state index >= 15 is 0 Å². The highest BCUT2D eigenvalue weighted by molar-refractivity contribution is 9.08. The second-order valence-corrected chi connectivity index (χ2v) is 9.31. The number of hydrogen-bond donors (Lipinski definition) is 0. The highest BCUT2D eigenvalue weighted by Gasteiger charge is 2.32. The van der Waals surface area contributed by atoms with Gasteiger partial charge in [-0.1, -0.05) is 51.9 Å². The van der Waals surface area contributed by atoms with Gasteiger partial charge in [0.25, 0.3) is 0 Å². The summed E-state index contributed by atoms with van der Waals surface area (Å²) in [6, 6.07) is 0. The van der Waals surface area contributed by atoms with Crippen molar-refractivity contribution >= 4 is 39.8 Å². The minimum absolute atomic E-state index is 0.442. The Morgan fingerprint density at radius 2 is 1.50 bits per heavy atom. The zero-order chi connectivity index (χ0) is 13.1. The van der Waals surface area contributed by atoms with Gasteiger partial charge in [0, 0.05) is 9.83 Å². The van der Waals surface area contributed by atoms with Gasteiger partial charge in [0.05, 0.1) is 28.8 Å². The maximum Gasteiger partial charge on any atom is 0.498 e. The van der Waals surface area contributed by atoms with Crippen LogP contribution in [0.3, 0.4) is 0 Å². The van der Waals surface area contributed by atoms with Crippen LogP contribution in [0.4, 0.5) is 0 Å². The summed E-state index contributed by atoms with van der Waals surface area (Å²) in [5, 5.41) is 0. The number of hydrogen-bond acceptors (Lipinski definition) is 7. The summed E-state index contributed by atoms with van der Waals surface area (Å²) in [6.45, 7) is 2.67. The van der Waals surface area contributed by atoms with E-state index in [4.69, 9.17) is 12.5 Å². The van der Waals surface area contributed by atoms with E-state index in [1.54, 1.807) is 0 Å². The van der Waals surface area contributed by atoms with Crippen LogP contribution in [0.15, 0.2) is 0 Å². The first-order valence-corrected chi connectivity index (χ1v) is 11.2. The van der Waals surface area contributed by atoms with E-state index in [1.807, 2.05) is 0 Å². The smallest absolute Gasteiger partial charge is 0.286 e. The minimum Gasteiger partial charge on any atom is -0.286 e. The lowest BCUT2D eigenvalue weighted by Gasteiger charge is -2.17. The maximum absolute atomic E-state index is 11.7. The van der Waals surface area contributed by atoms with Crippen molar-refractivity contribution in [3.05, 3.63) is 0 Å². The second kappa shape index (κ2) is 10.9. The largest absolute Gasteiger partial charge is 0.498 e. The molecule has 18 heavy (non-hydrogen) atoms. The molecule has 1 aliphatic heterocycles. The molecule has 0 N–H and O–H groups in total. The monoisotopic (exact) mass is 332 g/mol. The molecule has 1 heterocycles. The molecule has 8 heteroatoms. The molecular weight excluding hydrogens is 311 g/mol. The van der Waals surface area contributed by atoms with E-state index in [2.05, 4.69) is 6.92 Å². The fraction of sp³-hybridized carbons (Fsp3) is 1.00. The predicted molar refractivity (Wildman–Crippen MR) is 81.1 cm³/mol. The second-order valence-electron chi connectivity index (χ2n) is 4.11. The first-order valence-electron chi connectivity index (χ1n) is 6.39. The van der Waals surface area contributed by atoms with Crippen LogP contribution in [0, 0.1) is 0 Å². The van der Waals surface area contributed by atoms with Gasteiger partial charge in [0.15, 0.2) is 0 Å². The van der Waals surface area contributed by atoms with Gasteiger partial charge in [-0.15, -0.1) is 0 Å². The molecule has 108 valence electrons. The molecule has 0 saturated carbocycles. The van der Waals surface area contributed by atoms with Crippen molar-refractivity contribution in [2.45, 2.75) is 58.3 Å². The Morgan fingerprint density at radius 1 is 0.944 bits per heavy atom. The zero-order valence-electron chi connectivity index (χ0n) is 10.7. The lowest BCUT2D eigenvalue weighted by Crippen LogP contribution is -1.96. The van der Waals surface area contributed by atoms with Crippen molar-refractivity contribution in [2.75, 3.05) is 6.61 Å². The molecule has 1 rings (SSSR count). The van der Waals surface area contributed by atoms with E-state index < -0.39 is 7.82 Å². The van der Waals surface area contributed by atoms with Crippen LogP contribution in [0.2, 0.25) is 0 Å². The van der Waals surface area contributed by atoms with Gasteiger partial charge >= 0.3 is 7.82 Å². The average molecular weight is 332 g/mol. The van der Waals surface area contributed by atoms with Gasteiger partial charge in [-0.25, -0.2) is 12.5 Å². The van der Waals surface area contributed by atoms with Crippen molar-refractivity contribution in [3.63, 3.8) is 0 Å². The lowest BCUT2D eigenvalue weighted by atomic mass is 10.1. The van der Waals surface area contributed by atoms with Crippen LogP contribution >= 0.6 is 39.8 Å². The molecule has 0 atom stereocenters. The highest BCUT2D eigenvalue weighted by atomic mass is 33.5. The number of unbranched alkanes of at least 4 members (excludes halogenated alkanes) is 7. The average Bonchev–Trinajstić information content (AvgIpc) is 2.38. The standard InChI is InChI=1S/C10H21O4PS3/c1-2-3-4-5-6-7-8-9-10-12-15(11)13-16-18-17-14-15/h2-10H2,1H3. The van der Waals surface area contributed by atoms with Crippen molar-refractivity contribution in [1.29, 1.82) is 0 Å². The molecule has 0 spiro atoms. The van der Waals surface area contributed by atoms with Crippen molar-refractivity contribution < 1.29 is 17.0 Å². The third-order valence-electron chi connectivity index (χ3n) is 2.55. The quantitative estimate of drug-likeness (QED) is 0.205. The summed E-state index contributed by atoms with van der Waals surface area (Å²) in [6.07, 6.45) is 9.82. The van der Waals surface area contributed by atoms with Crippen molar-refractivity contribution in [1.82, 2.24) is 0 Å². The van der Waals surface area contributed by atoms with Crippen molar-refractivity contribution in [2.24, 2.45) is 0 Å². The van der Waals surface area contributed by atoms with E-state index in [0.717, 1.165) is 35.0 Å². The predicted octanol–water partition coefficient (Wildman–Crippen LogP) is 6.16. The van der Waals surface area contributed by atoms with E-state index in [-0.39, 0.29) is 0 Å². The molecule has 4 nitrogen and oxygen atoms in total. The normalized spacial score (nSPS) is 18.9. The summed E-state index contributed by atoms with van der Waals surface area (Å²) >= 11 is 2.10. The number of phosphoric acid groups is 1. The van der Waals surface area contributed by atoms with Crippen LogP contribution in [-0.4, -0.2) is 6.61 Å². The number of rotatable bonds is 10. The summed E-state index contributed by atoms with van der Waals surface area (Å²) in [5.41, 5.74) is 0. The Labute approximate surface area is 121 Å². The molecule has 0 aromatic rings. The third kappa shape index (κ3) is 8.35. The first kappa shape index (κ1) is 17.2. The minimum atomic E-state index is -3.28. The van der Waals surface area contributed by atoms with Crippen LogP contribution < -0.4 is 0 Å². The van der Waals surface area contributed by atoms with Gasteiger partial charge in [-0.2, -0.15) is 0 Å². The van der Waals surface area contributed by atoms with Gasteiger partial charge in [0.1, 0.15) is 0 Å². The Hall–Kier alpha value is 1.16. The molecule has 1 saturated heterocycles. The van der Waals surface area contributed by atoms with Gasteiger partial charge in [-0.3, -0.25) is 4.52 Å². The summed E-state index contributed by atoms with van der Waals surface area (Å²) in [5.74, 6) is 0. The molecule has 0 radical (unpaired) electrons. The van der Waals surface area contributed by atoms with Crippen LogP contribution in [0.5, 0.6) is 0 Å². The van der Waals surface area contributed by atoms with Gasteiger partial charge in [-0.05, 0) is 6.42 Å². The first-order chi connectivity index (χ1) is 8.77. The Morgan fingerprint density at radius 3 is 2.11 bits per heavy atom. The van der Waals surface area contributed by atoms with E-state index in [9.17, 15) is 4.57 Å². The van der Waals surface area contributed by atoms with Gasteiger partial charge < -0.3 is 0 Å². The molecular formula is C10H21O4PS3. The molecule has 0 aromatic carbocycles. The van der Waals surface area contributed by atoms with Gasteiger partial charge in [0.2, 0.25) is 0 Å².